The van der Waals surface area contributed by atoms with Crippen LogP contribution in [0.1, 0.15) is 21.4 Å². The zero-order valence-corrected chi connectivity index (χ0v) is 13.3. The van der Waals surface area contributed by atoms with E-state index in [9.17, 15) is 18.3 Å². The number of alkyl halides is 3. The van der Waals surface area contributed by atoms with E-state index in [4.69, 9.17) is 0 Å². The SMILES string of the molecule is Cc1sc(C(O)Cc2ccc(OC(F)(F)F)cc2)cc1Br. The Kier molecular flexibility index (Phi) is 4.95. The van der Waals surface area contributed by atoms with Crippen molar-refractivity contribution < 1.29 is 23.0 Å². The van der Waals surface area contributed by atoms with Crippen molar-refractivity contribution in [1.82, 2.24) is 0 Å². The van der Waals surface area contributed by atoms with E-state index < -0.39 is 12.5 Å². The Balaban J connectivity index is 2.03. The number of ether oxygens (including phenoxy) is 1. The molecule has 0 spiro atoms. The van der Waals surface area contributed by atoms with Crippen LogP contribution in [-0.4, -0.2) is 11.5 Å². The van der Waals surface area contributed by atoms with Crippen LogP contribution in [0.25, 0.3) is 0 Å². The van der Waals surface area contributed by atoms with E-state index >= 15 is 0 Å². The van der Waals surface area contributed by atoms with Crippen molar-refractivity contribution in [3.8, 4) is 5.75 Å². The minimum absolute atomic E-state index is 0.268. The highest BCUT2D eigenvalue weighted by Gasteiger charge is 2.30. The molecule has 2 rings (SSSR count). The number of aliphatic hydroxyl groups is 1. The molecule has 114 valence electrons. The van der Waals surface area contributed by atoms with Crippen LogP contribution >= 0.6 is 27.3 Å². The number of benzene rings is 1. The molecule has 1 aromatic carbocycles. The minimum atomic E-state index is -4.69. The predicted octanol–water partition coefficient (Wildman–Crippen LogP) is 4.99. The van der Waals surface area contributed by atoms with Gasteiger partial charge in [-0.1, -0.05) is 12.1 Å². The van der Waals surface area contributed by atoms with Crippen LogP contribution in [0.2, 0.25) is 0 Å². The molecule has 0 saturated heterocycles. The van der Waals surface area contributed by atoms with Crippen molar-refractivity contribution in [3.05, 3.63) is 50.1 Å². The van der Waals surface area contributed by atoms with E-state index in [1.807, 2.05) is 13.0 Å². The maximum absolute atomic E-state index is 12.0. The van der Waals surface area contributed by atoms with Gasteiger partial charge in [-0.25, -0.2) is 0 Å². The lowest BCUT2D eigenvalue weighted by Crippen LogP contribution is -2.17. The van der Waals surface area contributed by atoms with Crippen LogP contribution in [0.4, 0.5) is 13.2 Å². The lowest BCUT2D eigenvalue weighted by molar-refractivity contribution is -0.274. The Hall–Kier alpha value is -1.05. The molecule has 0 fully saturated rings. The fourth-order valence-electron chi connectivity index (χ4n) is 1.80. The summed E-state index contributed by atoms with van der Waals surface area (Å²) in [6.45, 7) is 1.94. The number of halogens is 4. The second kappa shape index (κ2) is 6.37. The summed E-state index contributed by atoms with van der Waals surface area (Å²) in [5.41, 5.74) is 0.735. The first kappa shape index (κ1) is 16.3. The molecule has 0 bridgehead atoms. The molecule has 1 heterocycles. The molecule has 0 amide bonds. The Bertz CT molecular complexity index is 588. The minimum Gasteiger partial charge on any atom is -0.406 e. The van der Waals surface area contributed by atoms with Crippen LogP contribution in [-0.2, 0) is 6.42 Å². The van der Waals surface area contributed by atoms with Crippen molar-refractivity contribution in [3.63, 3.8) is 0 Å². The summed E-state index contributed by atoms with van der Waals surface area (Å²) in [6, 6.07) is 7.36. The average Bonchev–Trinajstić information content (AvgIpc) is 2.70. The van der Waals surface area contributed by atoms with Crippen LogP contribution < -0.4 is 4.74 Å². The molecule has 0 radical (unpaired) electrons. The molecule has 7 heteroatoms. The molecule has 1 atom stereocenters. The van der Waals surface area contributed by atoms with Crippen molar-refractivity contribution >= 4 is 27.3 Å². The molecule has 0 aliphatic heterocycles. The molecule has 0 saturated carbocycles. The monoisotopic (exact) mass is 380 g/mol. The first-order valence-electron chi connectivity index (χ1n) is 6.03. The highest BCUT2D eigenvalue weighted by Crippen LogP contribution is 2.32. The quantitative estimate of drug-likeness (QED) is 0.808. The summed E-state index contributed by atoms with van der Waals surface area (Å²) in [5, 5.41) is 10.1. The summed E-state index contributed by atoms with van der Waals surface area (Å²) < 4.78 is 40.9. The Morgan fingerprint density at radius 1 is 1.29 bits per heavy atom. The van der Waals surface area contributed by atoms with E-state index in [0.717, 1.165) is 19.8 Å². The summed E-state index contributed by atoms with van der Waals surface area (Å²) >= 11 is 4.87. The number of aryl methyl sites for hydroxylation is 1. The fourth-order valence-corrected chi connectivity index (χ4v) is 3.34. The predicted molar refractivity (Wildman–Crippen MR) is 78.5 cm³/mol. The van der Waals surface area contributed by atoms with Gasteiger partial charge in [-0.3, -0.25) is 0 Å². The van der Waals surface area contributed by atoms with Gasteiger partial charge in [0.2, 0.25) is 0 Å². The first-order chi connectivity index (χ1) is 9.74. The summed E-state index contributed by atoms with van der Waals surface area (Å²) in [7, 11) is 0. The maximum Gasteiger partial charge on any atom is 0.573 e. The van der Waals surface area contributed by atoms with Crippen LogP contribution in [0, 0.1) is 6.92 Å². The smallest absolute Gasteiger partial charge is 0.406 e. The molecule has 21 heavy (non-hydrogen) atoms. The molecule has 2 aromatic rings. The molecular formula is C14H12BrF3O2S. The van der Waals surface area contributed by atoms with E-state index in [0.29, 0.717) is 6.42 Å². The molecule has 2 nitrogen and oxygen atoms in total. The van der Waals surface area contributed by atoms with Crippen molar-refractivity contribution in [2.45, 2.75) is 25.8 Å². The molecule has 1 unspecified atom stereocenters. The van der Waals surface area contributed by atoms with Crippen LogP contribution in [0.3, 0.4) is 0 Å². The lowest BCUT2D eigenvalue weighted by Gasteiger charge is -2.11. The topological polar surface area (TPSA) is 29.5 Å². The first-order valence-corrected chi connectivity index (χ1v) is 7.64. The molecule has 1 aromatic heterocycles. The van der Waals surface area contributed by atoms with E-state index in [1.165, 1.54) is 35.6 Å². The van der Waals surface area contributed by atoms with E-state index in [-0.39, 0.29) is 5.75 Å². The third-order valence-corrected chi connectivity index (χ3v) is 5.03. The second-order valence-electron chi connectivity index (χ2n) is 4.46. The zero-order chi connectivity index (χ0) is 15.6. The van der Waals surface area contributed by atoms with Gasteiger partial charge in [0.15, 0.2) is 0 Å². The van der Waals surface area contributed by atoms with Gasteiger partial charge in [0, 0.05) is 20.6 Å². The van der Waals surface area contributed by atoms with Crippen molar-refractivity contribution in [1.29, 1.82) is 0 Å². The third-order valence-electron chi connectivity index (χ3n) is 2.79. The second-order valence-corrected chi connectivity index (χ2v) is 6.61. The van der Waals surface area contributed by atoms with Gasteiger partial charge < -0.3 is 9.84 Å². The number of hydrogen-bond donors (Lipinski definition) is 1. The highest BCUT2D eigenvalue weighted by atomic mass is 79.9. The van der Waals surface area contributed by atoms with Gasteiger partial charge in [0.25, 0.3) is 0 Å². The largest absolute Gasteiger partial charge is 0.573 e. The summed E-state index contributed by atoms with van der Waals surface area (Å²) in [6.07, 6.45) is -5.05. The van der Waals surface area contributed by atoms with Gasteiger partial charge in [0.1, 0.15) is 5.75 Å². The molecular weight excluding hydrogens is 369 g/mol. The summed E-state index contributed by atoms with van der Waals surface area (Å²) in [4.78, 5) is 1.88. The Morgan fingerprint density at radius 3 is 2.38 bits per heavy atom. The van der Waals surface area contributed by atoms with Crippen molar-refractivity contribution in [2.24, 2.45) is 0 Å². The summed E-state index contributed by atoms with van der Waals surface area (Å²) in [5.74, 6) is -0.268. The van der Waals surface area contributed by atoms with Crippen LogP contribution in [0.15, 0.2) is 34.8 Å². The standard InChI is InChI=1S/C14H12BrF3O2S/c1-8-11(15)7-13(21-8)12(19)6-9-2-4-10(5-3-9)20-14(16,17)18/h2-5,7,12,19H,6H2,1H3. The normalized spacial score (nSPS) is 13.2. The number of aliphatic hydroxyl groups excluding tert-OH is 1. The van der Waals surface area contributed by atoms with Gasteiger partial charge in [-0.2, -0.15) is 0 Å². The Morgan fingerprint density at radius 2 is 1.90 bits per heavy atom. The molecule has 0 aliphatic carbocycles. The molecule has 1 N–H and O–H groups in total. The van der Waals surface area contributed by atoms with E-state index in [1.54, 1.807) is 0 Å². The number of thiophene rings is 1. The van der Waals surface area contributed by atoms with E-state index in [2.05, 4.69) is 20.7 Å². The third kappa shape index (κ3) is 4.72. The maximum atomic E-state index is 12.0. The van der Waals surface area contributed by atoms with Gasteiger partial charge >= 0.3 is 6.36 Å². The van der Waals surface area contributed by atoms with Crippen molar-refractivity contribution in [2.75, 3.05) is 0 Å². The number of rotatable bonds is 4. The zero-order valence-electron chi connectivity index (χ0n) is 10.9. The fraction of sp³-hybridized carbons (Fsp3) is 0.286. The lowest BCUT2D eigenvalue weighted by atomic mass is 10.1. The van der Waals surface area contributed by atoms with Gasteiger partial charge in [-0.15, -0.1) is 24.5 Å². The average molecular weight is 381 g/mol. The molecule has 0 aliphatic rings. The van der Waals surface area contributed by atoms with Gasteiger partial charge in [-0.05, 0) is 46.6 Å². The number of hydrogen-bond acceptors (Lipinski definition) is 3. The van der Waals surface area contributed by atoms with Crippen LogP contribution in [0.5, 0.6) is 5.75 Å². The van der Waals surface area contributed by atoms with Gasteiger partial charge in [0.05, 0.1) is 6.10 Å². The Labute approximate surface area is 132 Å². The highest BCUT2D eigenvalue weighted by molar-refractivity contribution is 9.10.